The molecule has 4 N–H and O–H groups in total. The summed E-state index contributed by atoms with van der Waals surface area (Å²) < 4.78 is 0. The molecule has 0 spiro atoms. The second-order valence-corrected chi connectivity index (χ2v) is 3.21. The average molecular weight is 224 g/mol. The van der Waals surface area contributed by atoms with Crippen LogP contribution in [-0.4, -0.2) is 23.5 Å². The molecule has 0 aliphatic heterocycles. The summed E-state index contributed by atoms with van der Waals surface area (Å²) in [6.45, 7) is 1.36. The van der Waals surface area contributed by atoms with E-state index in [4.69, 9.17) is 5.73 Å². The van der Waals surface area contributed by atoms with Gasteiger partial charge in [-0.3, -0.25) is 14.4 Å². The number of amides is 2. The van der Waals surface area contributed by atoms with Crippen molar-refractivity contribution < 1.29 is 19.5 Å². The van der Waals surface area contributed by atoms with E-state index in [0.717, 1.165) is 5.56 Å². The molecule has 0 radical (unpaired) electrons. The number of carbonyl (C=O) groups is 2. The number of nitrogens with two attached hydrogens (primary N) is 1. The van der Waals surface area contributed by atoms with Crippen LogP contribution in [0.4, 0.5) is 0 Å². The van der Waals surface area contributed by atoms with Crippen molar-refractivity contribution in [2.45, 2.75) is 6.92 Å². The number of hydrogen-bond acceptors (Lipinski definition) is 4. The minimum Gasteiger partial charge on any atom is -0.507 e. The van der Waals surface area contributed by atoms with Gasteiger partial charge in [-0.15, -0.1) is 0 Å². The maximum Gasteiger partial charge on any atom is 0.278 e. The van der Waals surface area contributed by atoms with E-state index < -0.39 is 18.4 Å². The molecule has 0 unspecified atom stereocenters. The van der Waals surface area contributed by atoms with Crippen molar-refractivity contribution >= 4 is 11.8 Å². The van der Waals surface area contributed by atoms with Crippen LogP contribution in [0.3, 0.4) is 0 Å². The van der Waals surface area contributed by atoms with Gasteiger partial charge in [-0.1, -0.05) is 11.6 Å². The van der Waals surface area contributed by atoms with Crippen molar-refractivity contribution in [2.75, 3.05) is 6.61 Å². The molecular formula is C10H12N2O4. The number of hydrogen-bond donors (Lipinski definition) is 3. The number of hydroxylamine groups is 1. The minimum atomic E-state index is -0.700. The SMILES string of the molecule is Cc1ccc(O)c(C(=O)NOCC(N)=O)c1. The molecule has 0 aliphatic rings. The van der Waals surface area contributed by atoms with Crippen LogP contribution in [0.25, 0.3) is 0 Å². The van der Waals surface area contributed by atoms with Crippen LogP contribution >= 0.6 is 0 Å². The van der Waals surface area contributed by atoms with Gasteiger partial charge in [0.05, 0.1) is 5.56 Å². The Morgan fingerprint density at radius 2 is 2.19 bits per heavy atom. The van der Waals surface area contributed by atoms with E-state index >= 15 is 0 Å². The Morgan fingerprint density at radius 1 is 1.50 bits per heavy atom. The van der Waals surface area contributed by atoms with Gasteiger partial charge < -0.3 is 10.8 Å². The number of phenolic OH excluding ortho intramolecular Hbond substituents is 1. The summed E-state index contributed by atoms with van der Waals surface area (Å²) in [5, 5.41) is 9.41. The maximum atomic E-state index is 11.5. The lowest BCUT2D eigenvalue weighted by molar-refractivity contribution is -0.124. The van der Waals surface area contributed by atoms with Crippen LogP contribution in [0.5, 0.6) is 5.75 Å². The molecule has 0 aliphatic carbocycles. The fraction of sp³-hybridized carbons (Fsp3) is 0.200. The molecule has 0 aromatic heterocycles. The summed E-state index contributed by atoms with van der Waals surface area (Å²) in [6.07, 6.45) is 0. The Hall–Kier alpha value is -2.08. The third-order valence-electron chi connectivity index (χ3n) is 1.78. The predicted molar refractivity (Wildman–Crippen MR) is 55.5 cm³/mol. The quantitative estimate of drug-likeness (QED) is 0.619. The maximum absolute atomic E-state index is 11.5. The summed E-state index contributed by atoms with van der Waals surface area (Å²) in [6, 6.07) is 4.56. The highest BCUT2D eigenvalue weighted by atomic mass is 16.7. The normalized spacial score (nSPS) is 9.81. The molecule has 0 bridgehead atoms. The van der Waals surface area contributed by atoms with Crippen LogP contribution < -0.4 is 11.2 Å². The topological polar surface area (TPSA) is 102 Å². The molecule has 86 valence electrons. The van der Waals surface area contributed by atoms with E-state index in [9.17, 15) is 14.7 Å². The summed E-state index contributed by atoms with van der Waals surface area (Å²) in [4.78, 5) is 26.3. The average Bonchev–Trinajstić information content (AvgIpc) is 2.21. The Kier molecular flexibility index (Phi) is 3.84. The zero-order valence-corrected chi connectivity index (χ0v) is 8.69. The molecule has 0 atom stereocenters. The van der Waals surface area contributed by atoms with Crippen LogP contribution in [-0.2, 0) is 9.63 Å². The molecular weight excluding hydrogens is 212 g/mol. The third-order valence-corrected chi connectivity index (χ3v) is 1.78. The molecule has 6 nitrogen and oxygen atoms in total. The summed E-state index contributed by atoms with van der Waals surface area (Å²) in [5.74, 6) is -1.50. The van der Waals surface area contributed by atoms with E-state index in [1.165, 1.54) is 12.1 Å². The van der Waals surface area contributed by atoms with Crippen molar-refractivity contribution in [3.05, 3.63) is 29.3 Å². The van der Waals surface area contributed by atoms with Crippen molar-refractivity contribution in [2.24, 2.45) is 5.73 Å². The molecule has 0 heterocycles. The minimum absolute atomic E-state index is 0.0736. The van der Waals surface area contributed by atoms with Crippen molar-refractivity contribution in [1.29, 1.82) is 0 Å². The monoisotopic (exact) mass is 224 g/mol. The first-order chi connectivity index (χ1) is 7.50. The highest BCUT2D eigenvalue weighted by Gasteiger charge is 2.11. The number of aryl methyl sites for hydroxylation is 1. The Bertz CT molecular complexity index is 417. The largest absolute Gasteiger partial charge is 0.507 e. The summed E-state index contributed by atoms with van der Waals surface area (Å²) in [7, 11) is 0. The molecule has 2 amide bonds. The molecule has 6 heteroatoms. The summed E-state index contributed by atoms with van der Waals surface area (Å²) in [5.41, 5.74) is 7.70. The fourth-order valence-corrected chi connectivity index (χ4v) is 1.06. The number of carbonyl (C=O) groups excluding carboxylic acids is 2. The lowest BCUT2D eigenvalue weighted by Gasteiger charge is -2.06. The number of benzene rings is 1. The van der Waals surface area contributed by atoms with Gasteiger partial charge in [0.25, 0.3) is 5.91 Å². The van der Waals surface area contributed by atoms with E-state index in [1.807, 2.05) is 5.48 Å². The second-order valence-electron chi connectivity index (χ2n) is 3.21. The number of nitrogens with one attached hydrogen (secondary N) is 1. The highest BCUT2D eigenvalue weighted by molar-refractivity contribution is 5.96. The lowest BCUT2D eigenvalue weighted by atomic mass is 10.1. The number of rotatable bonds is 4. The Morgan fingerprint density at radius 3 is 2.81 bits per heavy atom. The van der Waals surface area contributed by atoms with Crippen molar-refractivity contribution in [1.82, 2.24) is 5.48 Å². The van der Waals surface area contributed by atoms with Gasteiger partial charge in [0.2, 0.25) is 5.91 Å². The number of aromatic hydroxyl groups is 1. The Labute approximate surface area is 92.0 Å². The standard InChI is InChI=1S/C10H12N2O4/c1-6-2-3-8(13)7(4-6)10(15)12-16-5-9(11)14/h2-4,13H,5H2,1H3,(H2,11,14)(H,12,15). The van der Waals surface area contributed by atoms with Crippen molar-refractivity contribution in [3.63, 3.8) is 0 Å². The van der Waals surface area contributed by atoms with Crippen LogP contribution in [0.15, 0.2) is 18.2 Å². The molecule has 1 rings (SSSR count). The van der Waals surface area contributed by atoms with Gasteiger partial charge in [0.15, 0.2) is 6.61 Å². The predicted octanol–water partition coefficient (Wildman–Crippen LogP) is -0.153. The van der Waals surface area contributed by atoms with Gasteiger partial charge >= 0.3 is 0 Å². The van der Waals surface area contributed by atoms with Gasteiger partial charge in [-0.2, -0.15) is 0 Å². The first kappa shape index (κ1) is 12.0. The second kappa shape index (κ2) is 5.13. The zero-order chi connectivity index (χ0) is 12.1. The first-order valence-electron chi connectivity index (χ1n) is 4.50. The molecule has 0 saturated carbocycles. The Balaban J connectivity index is 2.65. The molecule has 0 saturated heterocycles. The number of primary amides is 1. The number of phenols is 1. The molecule has 0 fully saturated rings. The molecule has 16 heavy (non-hydrogen) atoms. The summed E-state index contributed by atoms with van der Waals surface area (Å²) >= 11 is 0. The van der Waals surface area contributed by atoms with E-state index in [-0.39, 0.29) is 11.3 Å². The van der Waals surface area contributed by atoms with Crippen LogP contribution in [0, 0.1) is 6.92 Å². The lowest BCUT2D eigenvalue weighted by Crippen LogP contribution is -2.29. The smallest absolute Gasteiger partial charge is 0.278 e. The van der Waals surface area contributed by atoms with Gasteiger partial charge in [0.1, 0.15) is 5.75 Å². The van der Waals surface area contributed by atoms with E-state index in [0.29, 0.717) is 0 Å². The van der Waals surface area contributed by atoms with E-state index in [2.05, 4.69) is 4.84 Å². The zero-order valence-electron chi connectivity index (χ0n) is 8.69. The van der Waals surface area contributed by atoms with Gasteiger partial charge in [-0.05, 0) is 19.1 Å². The van der Waals surface area contributed by atoms with Gasteiger partial charge in [-0.25, -0.2) is 5.48 Å². The highest BCUT2D eigenvalue weighted by Crippen LogP contribution is 2.17. The fourth-order valence-electron chi connectivity index (χ4n) is 1.06. The van der Waals surface area contributed by atoms with E-state index in [1.54, 1.807) is 13.0 Å². The van der Waals surface area contributed by atoms with Crippen LogP contribution in [0.2, 0.25) is 0 Å². The van der Waals surface area contributed by atoms with Crippen molar-refractivity contribution in [3.8, 4) is 5.75 Å². The third kappa shape index (κ3) is 3.25. The van der Waals surface area contributed by atoms with Gasteiger partial charge in [0, 0.05) is 0 Å². The first-order valence-corrected chi connectivity index (χ1v) is 4.50. The molecule has 1 aromatic rings. The van der Waals surface area contributed by atoms with Crippen LogP contribution in [0.1, 0.15) is 15.9 Å². The molecule has 1 aromatic carbocycles.